The topological polar surface area (TPSA) is 45.2 Å². The van der Waals surface area contributed by atoms with Crippen molar-refractivity contribution in [1.82, 2.24) is 9.88 Å². The Morgan fingerprint density at radius 3 is 2.88 bits per heavy atom. The molecular weight excluding hydrogens is 214 g/mol. The number of rotatable bonds is 1. The molecule has 0 saturated heterocycles. The second-order valence-electron chi connectivity index (χ2n) is 4.40. The number of carbonyl (C=O) groups excluding carboxylic acids is 1. The molecule has 0 saturated carbocycles. The van der Waals surface area contributed by atoms with Crippen LogP contribution in [0.15, 0.2) is 35.7 Å². The number of pyridine rings is 1. The molecule has 2 amide bonds. The van der Waals surface area contributed by atoms with Crippen LogP contribution in [-0.2, 0) is 0 Å². The lowest BCUT2D eigenvalue weighted by Crippen LogP contribution is -2.39. The Balaban J connectivity index is 1.98. The third kappa shape index (κ3) is 2.84. The van der Waals surface area contributed by atoms with Crippen molar-refractivity contribution in [1.29, 1.82) is 0 Å². The summed E-state index contributed by atoms with van der Waals surface area (Å²) >= 11 is 0. The van der Waals surface area contributed by atoms with Crippen LogP contribution in [0.25, 0.3) is 0 Å². The van der Waals surface area contributed by atoms with E-state index in [0.29, 0.717) is 0 Å². The zero-order chi connectivity index (χ0) is 12.3. The van der Waals surface area contributed by atoms with Gasteiger partial charge < -0.3 is 10.2 Å². The van der Waals surface area contributed by atoms with Gasteiger partial charge in [-0.25, -0.2) is 4.79 Å². The van der Waals surface area contributed by atoms with E-state index < -0.39 is 0 Å². The van der Waals surface area contributed by atoms with E-state index in [2.05, 4.69) is 24.1 Å². The summed E-state index contributed by atoms with van der Waals surface area (Å²) in [4.78, 5) is 17.8. The highest BCUT2D eigenvalue weighted by Crippen LogP contribution is 2.17. The maximum atomic E-state index is 12.0. The molecule has 1 aliphatic rings. The molecule has 0 fully saturated rings. The van der Waals surface area contributed by atoms with Gasteiger partial charge in [0.25, 0.3) is 0 Å². The van der Waals surface area contributed by atoms with Crippen LogP contribution in [0.1, 0.15) is 20.3 Å². The zero-order valence-electron chi connectivity index (χ0n) is 10.2. The van der Waals surface area contributed by atoms with E-state index in [0.717, 1.165) is 25.2 Å². The lowest BCUT2D eigenvalue weighted by Gasteiger charge is -2.28. The fourth-order valence-electron chi connectivity index (χ4n) is 1.83. The van der Waals surface area contributed by atoms with Gasteiger partial charge in [0.1, 0.15) is 0 Å². The SMILES string of the molecule is CC1=C(C)CN(C(=O)Nc2cccnc2)CC1. The summed E-state index contributed by atoms with van der Waals surface area (Å²) < 4.78 is 0. The fourth-order valence-corrected chi connectivity index (χ4v) is 1.83. The second-order valence-corrected chi connectivity index (χ2v) is 4.40. The average molecular weight is 231 g/mol. The molecule has 90 valence electrons. The number of carbonyl (C=O) groups is 1. The molecule has 2 rings (SSSR count). The molecule has 2 heterocycles. The Morgan fingerprint density at radius 2 is 2.24 bits per heavy atom. The first-order valence-electron chi connectivity index (χ1n) is 5.78. The Labute approximate surface area is 101 Å². The van der Waals surface area contributed by atoms with Crippen molar-refractivity contribution < 1.29 is 4.79 Å². The summed E-state index contributed by atoms with van der Waals surface area (Å²) in [6.07, 6.45) is 4.30. The minimum Gasteiger partial charge on any atom is -0.320 e. The minimum atomic E-state index is -0.0511. The number of aromatic nitrogens is 1. The summed E-state index contributed by atoms with van der Waals surface area (Å²) in [7, 11) is 0. The van der Waals surface area contributed by atoms with Gasteiger partial charge in [0.05, 0.1) is 11.9 Å². The van der Waals surface area contributed by atoms with Gasteiger partial charge in [-0.15, -0.1) is 0 Å². The standard InChI is InChI=1S/C13H17N3O/c1-10-5-7-16(9-11(10)2)13(17)15-12-4-3-6-14-8-12/h3-4,6,8H,5,7,9H2,1-2H3,(H,15,17). The molecule has 0 bridgehead atoms. The molecular formula is C13H17N3O. The van der Waals surface area contributed by atoms with Crippen molar-refractivity contribution in [3.63, 3.8) is 0 Å². The van der Waals surface area contributed by atoms with Gasteiger partial charge in [0, 0.05) is 19.3 Å². The van der Waals surface area contributed by atoms with Crippen molar-refractivity contribution in [3.05, 3.63) is 35.7 Å². The van der Waals surface area contributed by atoms with Gasteiger partial charge in [-0.2, -0.15) is 0 Å². The normalized spacial score (nSPS) is 16.0. The Bertz CT molecular complexity index is 439. The van der Waals surface area contributed by atoms with E-state index in [1.807, 2.05) is 11.0 Å². The van der Waals surface area contributed by atoms with Gasteiger partial charge in [-0.1, -0.05) is 11.1 Å². The van der Waals surface area contributed by atoms with E-state index >= 15 is 0 Å². The zero-order valence-corrected chi connectivity index (χ0v) is 10.2. The summed E-state index contributed by atoms with van der Waals surface area (Å²) in [5, 5.41) is 2.85. The van der Waals surface area contributed by atoms with Crippen LogP contribution < -0.4 is 5.32 Å². The first kappa shape index (κ1) is 11.6. The summed E-state index contributed by atoms with van der Waals surface area (Å²) in [6, 6.07) is 3.59. The highest BCUT2D eigenvalue weighted by molar-refractivity contribution is 5.89. The first-order chi connectivity index (χ1) is 8.16. The maximum absolute atomic E-state index is 12.0. The summed E-state index contributed by atoms with van der Waals surface area (Å²) in [6.45, 7) is 5.72. The summed E-state index contributed by atoms with van der Waals surface area (Å²) in [5.74, 6) is 0. The number of hydrogen-bond donors (Lipinski definition) is 1. The third-order valence-corrected chi connectivity index (χ3v) is 3.11. The van der Waals surface area contributed by atoms with Gasteiger partial charge in [-0.05, 0) is 32.4 Å². The molecule has 4 nitrogen and oxygen atoms in total. The smallest absolute Gasteiger partial charge is 0.320 e. The van der Waals surface area contributed by atoms with Crippen LogP contribution in [0.2, 0.25) is 0 Å². The van der Waals surface area contributed by atoms with Gasteiger partial charge in [0.15, 0.2) is 0 Å². The first-order valence-corrected chi connectivity index (χ1v) is 5.78. The van der Waals surface area contributed by atoms with Gasteiger partial charge >= 0.3 is 6.03 Å². The van der Waals surface area contributed by atoms with Crippen LogP contribution in [0.3, 0.4) is 0 Å². The van der Waals surface area contributed by atoms with Gasteiger partial charge in [0.2, 0.25) is 0 Å². The number of hydrogen-bond acceptors (Lipinski definition) is 2. The lowest BCUT2D eigenvalue weighted by atomic mass is 10.0. The molecule has 17 heavy (non-hydrogen) atoms. The van der Waals surface area contributed by atoms with Crippen LogP contribution >= 0.6 is 0 Å². The summed E-state index contributed by atoms with van der Waals surface area (Å²) in [5.41, 5.74) is 3.43. The molecule has 1 aromatic rings. The largest absolute Gasteiger partial charge is 0.322 e. The van der Waals surface area contributed by atoms with Crippen LogP contribution in [0.4, 0.5) is 10.5 Å². The minimum absolute atomic E-state index is 0.0511. The lowest BCUT2D eigenvalue weighted by molar-refractivity contribution is 0.214. The van der Waals surface area contributed by atoms with E-state index in [4.69, 9.17) is 0 Å². The predicted molar refractivity (Wildman–Crippen MR) is 67.8 cm³/mol. The van der Waals surface area contributed by atoms with Crippen LogP contribution in [0, 0.1) is 0 Å². The van der Waals surface area contributed by atoms with Crippen molar-refractivity contribution in [2.24, 2.45) is 0 Å². The van der Waals surface area contributed by atoms with Crippen LogP contribution in [0.5, 0.6) is 0 Å². The number of urea groups is 1. The van der Waals surface area contributed by atoms with E-state index in [-0.39, 0.29) is 6.03 Å². The number of nitrogens with zero attached hydrogens (tertiary/aromatic N) is 2. The van der Waals surface area contributed by atoms with E-state index in [1.165, 1.54) is 11.1 Å². The average Bonchev–Trinajstić information content (AvgIpc) is 2.34. The van der Waals surface area contributed by atoms with Crippen molar-refractivity contribution in [2.75, 3.05) is 18.4 Å². The molecule has 4 heteroatoms. The molecule has 0 aromatic carbocycles. The van der Waals surface area contributed by atoms with Crippen molar-refractivity contribution >= 4 is 11.7 Å². The molecule has 0 unspecified atom stereocenters. The van der Waals surface area contributed by atoms with E-state index in [9.17, 15) is 4.79 Å². The molecule has 1 N–H and O–H groups in total. The third-order valence-electron chi connectivity index (χ3n) is 3.11. The number of nitrogens with one attached hydrogen (secondary N) is 1. The van der Waals surface area contributed by atoms with Crippen molar-refractivity contribution in [3.8, 4) is 0 Å². The molecule has 1 aliphatic heterocycles. The predicted octanol–water partition coefficient (Wildman–Crippen LogP) is 2.66. The number of anilines is 1. The Hall–Kier alpha value is -1.84. The molecule has 0 aliphatic carbocycles. The second kappa shape index (κ2) is 4.99. The quantitative estimate of drug-likeness (QED) is 0.755. The van der Waals surface area contributed by atoms with E-state index in [1.54, 1.807) is 18.5 Å². The highest BCUT2D eigenvalue weighted by Gasteiger charge is 2.18. The maximum Gasteiger partial charge on any atom is 0.322 e. The molecule has 0 atom stereocenters. The molecule has 0 radical (unpaired) electrons. The van der Waals surface area contributed by atoms with Gasteiger partial charge in [-0.3, -0.25) is 4.98 Å². The van der Waals surface area contributed by atoms with Crippen molar-refractivity contribution in [2.45, 2.75) is 20.3 Å². The highest BCUT2D eigenvalue weighted by atomic mass is 16.2. The molecule has 0 spiro atoms. The monoisotopic (exact) mass is 231 g/mol. The Morgan fingerprint density at radius 1 is 1.41 bits per heavy atom. The molecule has 1 aromatic heterocycles. The van der Waals surface area contributed by atoms with Crippen LogP contribution in [-0.4, -0.2) is 29.0 Å². The number of amides is 2. The fraction of sp³-hybridized carbons (Fsp3) is 0.385. The Kier molecular flexibility index (Phi) is 3.42.